The molecule has 0 amide bonds. The Hall–Kier alpha value is -3.41. The molecule has 0 rings (SSSR count). The van der Waals surface area contributed by atoms with E-state index in [1.54, 1.807) is 0 Å². The number of hydrogen-bond acceptors (Lipinski definition) is 6. The van der Waals surface area contributed by atoms with Crippen molar-refractivity contribution in [2.75, 3.05) is 13.2 Å². The van der Waals surface area contributed by atoms with E-state index in [4.69, 9.17) is 14.2 Å². The van der Waals surface area contributed by atoms with E-state index < -0.39 is 6.10 Å². The average Bonchev–Trinajstić information content (AvgIpc) is 3.43. The summed E-state index contributed by atoms with van der Waals surface area (Å²) in [5.74, 6) is -0.903. The number of ether oxygens (including phenoxy) is 3. The van der Waals surface area contributed by atoms with Crippen LogP contribution in [0.4, 0.5) is 0 Å². The summed E-state index contributed by atoms with van der Waals surface area (Å²) in [5, 5.41) is 0. The lowest BCUT2D eigenvalue weighted by molar-refractivity contribution is -0.167. The average molecular weight is 1070 g/mol. The predicted octanol–water partition coefficient (Wildman–Crippen LogP) is 22.7. The van der Waals surface area contributed by atoms with Crippen LogP contribution >= 0.6 is 0 Å². The molecule has 0 aliphatic carbocycles. The summed E-state index contributed by atoms with van der Waals surface area (Å²) < 4.78 is 16.9. The second kappa shape index (κ2) is 65.1. The fraction of sp³-hybridized carbons (Fsp3) is 0.761. The number of allylic oxidation sites excluding steroid dienone is 14. The normalized spacial score (nSPS) is 12.6. The molecule has 6 nitrogen and oxygen atoms in total. The van der Waals surface area contributed by atoms with Crippen molar-refractivity contribution in [2.45, 2.75) is 335 Å². The van der Waals surface area contributed by atoms with Crippen LogP contribution in [0, 0.1) is 0 Å². The predicted molar refractivity (Wildman–Crippen MR) is 334 cm³/mol. The topological polar surface area (TPSA) is 78.9 Å². The highest BCUT2D eigenvalue weighted by Crippen LogP contribution is 2.17. The van der Waals surface area contributed by atoms with E-state index in [-0.39, 0.29) is 31.1 Å². The van der Waals surface area contributed by atoms with Gasteiger partial charge in [0.1, 0.15) is 13.2 Å². The van der Waals surface area contributed by atoms with Crippen LogP contribution in [0.5, 0.6) is 0 Å². The van der Waals surface area contributed by atoms with Gasteiger partial charge in [0.25, 0.3) is 0 Å². The van der Waals surface area contributed by atoms with Gasteiger partial charge >= 0.3 is 17.9 Å². The highest BCUT2D eigenvalue weighted by molar-refractivity contribution is 5.71. The monoisotopic (exact) mass is 1070 g/mol. The van der Waals surface area contributed by atoms with Gasteiger partial charge in [0.15, 0.2) is 6.10 Å². The first-order valence-corrected chi connectivity index (χ1v) is 33.1. The van der Waals surface area contributed by atoms with E-state index in [1.165, 1.54) is 173 Å². The summed E-state index contributed by atoms with van der Waals surface area (Å²) >= 11 is 0. The molecule has 0 aromatic carbocycles. The Kier molecular flexibility index (Phi) is 62.2. The fourth-order valence-corrected chi connectivity index (χ4v) is 9.31. The zero-order valence-corrected chi connectivity index (χ0v) is 51.0. The second-order valence-electron chi connectivity index (χ2n) is 22.0. The summed E-state index contributed by atoms with van der Waals surface area (Å²) in [4.78, 5) is 38.3. The molecule has 0 saturated heterocycles. The van der Waals surface area contributed by atoms with E-state index >= 15 is 0 Å². The van der Waals surface area contributed by atoms with E-state index in [2.05, 4.69) is 106 Å². The maximum atomic E-state index is 12.9. The van der Waals surface area contributed by atoms with Gasteiger partial charge in [0, 0.05) is 19.3 Å². The lowest BCUT2D eigenvalue weighted by atomic mass is 10.0. The van der Waals surface area contributed by atoms with Gasteiger partial charge in [-0.3, -0.25) is 14.4 Å². The van der Waals surface area contributed by atoms with Crippen LogP contribution < -0.4 is 0 Å². The lowest BCUT2D eigenvalue weighted by Crippen LogP contribution is -2.30. The van der Waals surface area contributed by atoms with Crippen LogP contribution in [0.25, 0.3) is 0 Å². The summed E-state index contributed by atoms with van der Waals surface area (Å²) in [6, 6.07) is 0. The van der Waals surface area contributed by atoms with Crippen molar-refractivity contribution in [3.05, 3.63) is 85.1 Å². The molecule has 77 heavy (non-hydrogen) atoms. The first-order valence-electron chi connectivity index (χ1n) is 33.1. The van der Waals surface area contributed by atoms with Gasteiger partial charge in [-0.15, -0.1) is 0 Å². The zero-order chi connectivity index (χ0) is 55.7. The molecule has 0 spiro atoms. The highest BCUT2D eigenvalue weighted by Gasteiger charge is 2.19. The summed E-state index contributed by atoms with van der Waals surface area (Å²) in [7, 11) is 0. The summed E-state index contributed by atoms with van der Waals surface area (Å²) in [5.41, 5.74) is 0. The van der Waals surface area contributed by atoms with Crippen molar-refractivity contribution >= 4 is 17.9 Å². The van der Waals surface area contributed by atoms with Crippen molar-refractivity contribution in [3.63, 3.8) is 0 Å². The van der Waals surface area contributed by atoms with Gasteiger partial charge in [-0.2, -0.15) is 0 Å². The quantitative estimate of drug-likeness (QED) is 0.0261. The number of rotatable bonds is 60. The number of carbonyl (C=O) groups excluding carboxylic acids is 3. The molecule has 0 aromatic rings. The first kappa shape index (κ1) is 73.6. The van der Waals surface area contributed by atoms with Gasteiger partial charge in [0.05, 0.1) is 0 Å². The molecule has 6 heteroatoms. The minimum Gasteiger partial charge on any atom is -0.462 e. The number of carbonyl (C=O) groups is 3. The van der Waals surface area contributed by atoms with Gasteiger partial charge in [-0.25, -0.2) is 0 Å². The maximum absolute atomic E-state index is 12.9. The third-order valence-electron chi connectivity index (χ3n) is 14.3. The van der Waals surface area contributed by atoms with Crippen LogP contribution in [-0.2, 0) is 28.6 Å². The highest BCUT2D eigenvalue weighted by atomic mass is 16.6. The Bertz CT molecular complexity index is 1470. The molecule has 0 radical (unpaired) electrons. The van der Waals surface area contributed by atoms with Crippen molar-refractivity contribution in [3.8, 4) is 0 Å². The molecule has 0 aliphatic rings. The van der Waals surface area contributed by atoms with E-state index in [0.717, 1.165) is 116 Å². The Labute approximate surface area is 477 Å². The number of hydrogen-bond donors (Lipinski definition) is 0. The van der Waals surface area contributed by atoms with Gasteiger partial charge in [0.2, 0.25) is 0 Å². The lowest BCUT2D eigenvalue weighted by Gasteiger charge is -2.18. The Morgan fingerprint density at radius 2 is 0.481 bits per heavy atom. The summed E-state index contributed by atoms with van der Waals surface area (Å²) in [6.45, 7) is 6.55. The minimum atomic E-state index is -0.790. The van der Waals surface area contributed by atoms with Crippen LogP contribution in [0.2, 0.25) is 0 Å². The Morgan fingerprint density at radius 3 is 0.766 bits per heavy atom. The molecule has 1 atom stereocenters. The molecule has 444 valence electrons. The molecule has 0 bridgehead atoms. The Morgan fingerprint density at radius 1 is 0.260 bits per heavy atom. The second-order valence-corrected chi connectivity index (χ2v) is 22.0. The zero-order valence-electron chi connectivity index (χ0n) is 51.0. The largest absolute Gasteiger partial charge is 0.462 e. The fourth-order valence-electron chi connectivity index (χ4n) is 9.31. The molecule has 0 aliphatic heterocycles. The molecule has 0 fully saturated rings. The third kappa shape index (κ3) is 63.3. The molecular weight excluding hydrogens is 949 g/mol. The van der Waals surface area contributed by atoms with E-state index in [9.17, 15) is 14.4 Å². The smallest absolute Gasteiger partial charge is 0.306 e. The standard InChI is InChI=1S/C71H124O6/c1-4-7-10-13-16-19-22-25-28-29-30-31-32-33-34-35-36-37-38-39-40-41-42-43-44-47-49-52-55-58-61-64-70(73)76-67-68(77-71(74)65-62-59-56-53-50-46-27-24-21-18-15-12-9-6-3)66-75-69(72)63-60-57-54-51-48-45-26-23-20-17-14-11-8-5-2/h14-15,17-18,22-27,29-30,32-33,68H,4-13,16,19-21,28,31,34-67H2,1-3H3/b17-14-,18-15-,25-22-,26-23-,27-24-,30-29-,33-32-. The van der Waals surface area contributed by atoms with Crippen molar-refractivity contribution in [1.82, 2.24) is 0 Å². The Balaban J connectivity index is 4.19. The van der Waals surface area contributed by atoms with Crippen molar-refractivity contribution in [2.24, 2.45) is 0 Å². The van der Waals surface area contributed by atoms with Gasteiger partial charge in [-0.05, 0) is 109 Å². The van der Waals surface area contributed by atoms with Crippen molar-refractivity contribution in [1.29, 1.82) is 0 Å². The maximum Gasteiger partial charge on any atom is 0.306 e. The molecule has 0 saturated carbocycles. The molecule has 0 aromatic heterocycles. The first-order chi connectivity index (χ1) is 38.0. The van der Waals surface area contributed by atoms with E-state index in [0.29, 0.717) is 19.3 Å². The van der Waals surface area contributed by atoms with Crippen LogP contribution in [0.3, 0.4) is 0 Å². The van der Waals surface area contributed by atoms with Crippen LogP contribution in [0.15, 0.2) is 85.1 Å². The molecular formula is C71H124O6. The van der Waals surface area contributed by atoms with Crippen LogP contribution in [0.1, 0.15) is 329 Å². The van der Waals surface area contributed by atoms with Gasteiger partial charge in [-0.1, -0.05) is 286 Å². The number of unbranched alkanes of at least 4 members (excludes halogenated alkanes) is 35. The third-order valence-corrected chi connectivity index (χ3v) is 14.3. The molecule has 0 N–H and O–H groups in total. The van der Waals surface area contributed by atoms with Crippen molar-refractivity contribution < 1.29 is 28.6 Å². The molecule has 1 unspecified atom stereocenters. The molecule has 0 heterocycles. The van der Waals surface area contributed by atoms with Gasteiger partial charge < -0.3 is 14.2 Å². The summed E-state index contributed by atoms with van der Waals surface area (Å²) in [6.07, 6.45) is 86.0. The number of esters is 3. The van der Waals surface area contributed by atoms with E-state index in [1.807, 2.05) is 0 Å². The SMILES string of the molecule is CCCC/C=C\C/C=C\CCCCCCCC(=O)OCC(COC(=O)CCCCCCCCCCCCCCCCCC/C=C\C/C=C\C/C=C\CCCCCCC)OC(=O)CCCCCCC/C=C\C/C=C\CCCC. The van der Waals surface area contributed by atoms with Crippen LogP contribution in [-0.4, -0.2) is 37.2 Å². The minimum absolute atomic E-state index is 0.0850.